The van der Waals surface area contributed by atoms with Gasteiger partial charge in [-0.05, 0) is 29.3 Å². The van der Waals surface area contributed by atoms with Crippen molar-refractivity contribution in [2.45, 2.75) is 12.3 Å². The average Bonchev–Trinajstić information content (AvgIpc) is 3.48. The fraction of sp³-hybridized carbons (Fsp3) is 0.111. The lowest BCUT2D eigenvalue weighted by Crippen LogP contribution is -2.30. The monoisotopic (exact) mass is 455 g/mol. The minimum Gasteiger partial charge on any atom is -0.361 e. The lowest BCUT2D eigenvalue weighted by Gasteiger charge is -2.18. The van der Waals surface area contributed by atoms with E-state index in [1.807, 2.05) is 48.0 Å². The fourth-order valence-electron chi connectivity index (χ4n) is 4.06. The number of aromatic nitrogens is 2. The number of H-pyrrole nitrogens is 1. The molecule has 33 heavy (non-hydrogen) atoms. The molecule has 5 rings (SSSR count). The van der Waals surface area contributed by atoms with Crippen molar-refractivity contribution in [1.82, 2.24) is 15.3 Å². The molecule has 0 fully saturated rings. The van der Waals surface area contributed by atoms with Crippen LogP contribution in [0.4, 0.5) is 4.39 Å². The molecule has 0 radical (unpaired) electrons. The number of amides is 1. The molecule has 2 heterocycles. The maximum atomic E-state index is 13.5. The molecule has 2 N–H and O–H groups in total. The van der Waals surface area contributed by atoms with Crippen LogP contribution in [0.25, 0.3) is 21.5 Å². The molecular formula is C27H22FN3OS. The normalized spacial score (nSPS) is 12.0. The van der Waals surface area contributed by atoms with Gasteiger partial charge in [-0.25, -0.2) is 9.37 Å². The molecule has 0 aliphatic carbocycles. The second-order valence-electron chi connectivity index (χ2n) is 7.89. The van der Waals surface area contributed by atoms with Gasteiger partial charge in [0.2, 0.25) is 5.91 Å². The summed E-state index contributed by atoms with van der Waals surface area (Å²) in [6.45, 7) is 0.478. The standard InChI is InChI=1S/C27H22FN3OS/c28-20-10-6-9-19(13-20)27-31-21(17-33-27)14-26(32)30-15-23(18-7-2-1-3-8-18)24-16-29-25-12-5-4-11-22(24)25/h1-13,16-17,23,29H,14-15H2,(H,30,32). The van der Waals surface area contributed by atoms with Gasteiger partial charge < -0.3 is 10.3 Å². The fourth-order valence-corrected chi connectivity index (χ4v) is 4.88. The van der Waals surface area contributed by atoms with Gasteiger partial charge in [0.1, 0.15) is 10.8 Å². The zero-order chi connectivity index (χ0) is 22.6. The molecule has 0 aliphatic rings. The first-order valence-corrected chi connectivity index (χ1v) is 11.6. The number of halogens is 1. The molecule has 0 spiro atoms. The molecule has 4 nitrogen and oxygen atoms in total. The average molecular weight is 456 g/mol. The predicted molar refractivity (Wildman–Crippen MR) is 131 cm³/mol. The molecular weight excluding hydrogens is 433 g/mol. The van der Waals surface area contributed by atoms with E-state index in [9.17, 15) is 9.18 Å². The summed E-state index contributed by atoms with van der Waals surface area (Å²) < 4.78 is 13.5. The smallest absolute Gasteiger partial charge is 0.226 e. The number of nitrogens with one attached hydrogen (secondary N) is 2. The number of benzene rings is 3. The Morgan fingerprint density at radius 1 is 1.03 bits per heavy atom. The van der Waals surface area contributed by atoms with E-state index in [1.165, 1.54) is 23.5 Å². The van der Waals surface area contributed by atoms with Gasteiger partial charge in [-0.3, -0.25) is 4.79 Å². The molecule has 6 heteroatoms. The number of para-hydroxylation sites is 1. The van der Waals surface area contributed by atoms with Crippen LogP contribution < -0.4 is 5.32 Å². The Morgan fingerprint density at radius 2 is 1.85 bits per heavy atom. The van der Waals surface area contributed by atoms with Crippen LogP contribution in [-0.2, 0) is 11.2 Å². The molecule has 1 atom stereocenters. The summed E-state index contributed by atoms with van der Waals surface area (Å²) in [6, 6.07) is 24.7. The number of aromatic amines is 1. The summed E-state index contributed by atoms with van der Waals surface area (Å²) in [6.07, 6.45) is 2.21. The molecule has 1 amide bonds. The second kappa shape index (κ2) is 9.38. The molecule has 0 saturated carbocycles. The zero-order valence-electron chi connectivity index (χ0n) is 17.8. The van der Waals surface area contributed by atoms with Crippen molar-refractivity contribution in [1.29, 1.82) is 0 Å². The second-order valence-corrected chi connectivity index (χ2v) is 8.75. The Kier molecular flexibility index (Phi) is 6.00. The third-order valence-electron chi connectivity index (χ3n) is 5.67. The predicted octanol–water partition coefficient (Wildman–Crippen LogP) is 5.92. The van der Waals surface area contributed by atoms with Crippen molar-refractivity contribution in [2.24, 2.45) is 0 Å². The number of fused-ring (bicyclic) bond motifs is 1. The van der Waals surface area contributed by atoms with E-state index in [-0.39, 0.29) is 24.1 Å². The Morgan fingerprint density at radius 3 is 2.70 bits per heavy atom. The van der Waals surface area contributed by atoms with Crippen molar-refractivity contribution in [3.8, 4) is 10.6 Å². The first kappa shape index (κ1) is 21.1. The third-order valence-corrected chi connectivity index (χ3v) is 6.61. The quantitative estimate of drug-likeness (QED) is 0.320. The molecule has 1 unspecified atom stereocenters. The lowest BCUT2D eigenvalue weighted by molar-refractivity contribution is -0.120. The summed E-state index contributed by atoms with van der Waals surface area (Å²) in [4.78, 5) is 20.6. The Hall–Kier alpha value is -3.77. The number of hydrogen-bond acceptors (Lipinski definition) is 3. The van der Waals surface area contributed by atoms with Gasteiger partial charge in [0.15, 0.2) is 0 Å². The molecule has 0 aliphatic heterocycles. The van der Waals surface area contributed by atoms with E-state index in [2.05, 4.69) is 39.6 Å². The Balaban J connectivity index is 1.31. The summed E-state index contributed by atoms with van der Waals surface area (Å²) in [5.74, 6) is -0.373. The van der Waals surface area contributed by atoms with Gasteiger partial charge in [-0.2, -0.15) is 0 Å². The highest BCUT2D eigenvalue weighted by molar-refractivity contribution is 7.13. The number of carbonyl (C=O) groups is 1. The van der Waals surface area contributed by atoms with Crippen LogP contribution in [-0.4, -0.2) is 22.4 Å². The summed E-state index contributed by atoms with van der Waals surface area (Å²) in [7, 11) is 0. The Labute approximate surface area is 195 Å². The highest BCUT2D eigenvalue weighted by Gasteiger charge is 2.19. The highest BCUT2D eigenvalue weighted by atomic mass is 32.1. The number of nitrogens with zero attached hydrogens (tertiary/aromatic N) is 1. The van der Waals surface area contributed by atoms with Crippen LogP contribution in [0.15, 0.2) is 90.4 Å². The first-order valence-electron chi connectivity index (χ1n) is 10.8. The molecule has 5 aromatic rings. The molecule has 3 aromatic carbocycles. The van der Waals surface area contributed by atoms with E-state index >= 15 is 0 Å². The van der Waals surface area contributed by atoms with Gasteiger partial charge >= 0.3 is 0 Å². The van der Waals surface area contributed by atoms with Crippen molar-refractivity contribution in [3.05, 3.63) is 113 Å². The van der Waals surface area contributed by atoms with Crippen molar-refractivity contribution >= 4 is 28.1 Å². The van der Waals surface area contributed by atoms with Crippen LogP contribution in [0.3, 0.4) is 0 Å². The van der Waals surface area contributed by atoms with Crippen LogP contribution in [0, 0.1) is 5.82 Å². The van der Waals surface area contributed by atoms with Crippen molar-refractivity contribution in [3.63, 3.8) is 0 Å². The van der Waals surface area contributed by atoms with Crippen LogP contribution in [0.2, 0.25) is 0 Å². The van der Waals surface area contributed by atoms with Gasteiger partial charge in [0.05, 0.1) is 12.1 Å². The van der Waals surface area contributed by atoms with E-state index in [1.54, 1.807) is 6.07 Å². The largest absolute Gasteiger partial charge is 0.361 e. The SMILES string of the molecule is O=C(Cc1csc(-c2cccc(F)c2)n1)NCC(c1ccccc1)c1c[nH]c2ccccc12. The van der Waals surface area contributed by atoms with Crippen LogP contribution in [0.5, 0.6) is 0 Å². The molecule has 0 bridgehead atoms. The zero-order valence-corrected chi connectivity index (χ0v) is 18.6. The molecule has 164 valence electrons. The van der Waals surface area contributed by atoms with Crippen LogP contribution >= 0.6 is 11.3 Å². The van der Waals surface area contributed by atoms with E-state index in [4.69, 9.17) is 0 Å². The topological polar surface area (TPSA) is 57.8 Å². The summed E-state index contributed by atoms with van der Waals surface area (Å²) >= 11 is 1.41. The van der Waals surface area contributed by atoms with E-state index in [0.29, 0.717) is 17.2 Å². The minimum atomic E-state index is -0.300. The highest BCUT2D eigenvalue weighted by Crippen LogP contribution is 2.30. The van der Waals surface area contributed by atoms with E-state index < -0.39 is 0 Å². The Bertz CT molecular complexity index is 1390. The number of rotatable bonds is 7. The maximum Gasteiger partial charge on any atom is 0.226 e. The number of carbonyl (C=O) groups excluding carboxylic acids is 1. The first-order chi connectivity index (χ1) is 16.2. The third kappa shape index (κ3) is 4.71. The van der Waals surface area contributed by atoms with Gasteiger partial charge in [-0.1, -0.05) is 60.7 Å². The number of thiazole rings is 1. The molecule has 0 saturated heterocycles. The van der Waals surface area contributed by atoms with Crippen molar-refractivity contribution in [2.75, 3.05) is 6.54 Å². The van der Waals surface area contributed by atoms with Gasteiger partial charge in [0.25, 0.3) is 0 Å². The van der Waals surface area contributed by atoms with Gasteiger partial charge in [-0.15, -0.1) is 11.3 Å². The maximum absolute atomic E-state index is 13.5. The summed E-state index contributed by atoms with van der Waals surface area (Å²) in [5.41, 5.74) is 4.77. The molecule has 2 aromatic heterocycles. The van der Waals surface area contributed by atoms with Gasteiger partial charge in [0, 0.05) is 40.5 Å². The van der Waals surface area contributed by atoms with Crippen molar-refractivity contribution < 1.29 is 9.18 Å². The lowest BCUT2D eigenvalue weighted by atomic mass is 9.91. The minimum absolute atomic E-state index is 0.0181. The van der Waals surface area contributed by atoms with Crippen LogP contribution in [0.1, 0.15) is 22.7 Å². The summed E-state index contributed by atoms with van der Waals surface area (Å²) in [5, 5.41) is 6.81. The number of hydrogen-bond donors (Lipinski definition) is 2. The van der Waals surface area contributed by atoms with E-state index in [0.717, 1.165) is 27.6 Å².